The summed E-state index contributed by atoms with van der Waals surface area (Å²) >= 11 is 1.97. The van der Waals surface area contributed by atoms with Crippen LogP contribution in [0, 0.1) is 0 Å². The van der Waals surface area contributed by atoms with Crippen molar-refractivity contribution in [2.24, 2.45) is 0 Å². The second kappa shape index (κ2) is 7.22. The molecule has 1 amide bonds. The molecule has 2 nitrogen and oxygen atoms in total. The first-order valence-electron chi connectivity index (χ1n) is 6.98. The Morgan fingerprint density at radius 2 is 2.17 bits per heavy atom. The van der Waals surface area contributed by atoms with Gasteiger partial charge < -0.3 is 4.90 Å². The summed E-state index contributed by atoms with van der Waals surface area (Å²) in [5.41, 5.74) is 0. The van der Waals surface area contributed by atoms with Gasteiger partial charge in [-0.25, -0.2) is 0 Å². The van der Waals surface area contributed by atoms with Crippen LogP contribution in [0.5, 0.6) is 0 Å². The highest BCUT2D eigenvalue weighted by Gasteiger charge is 2.27. The molecule has 0 aromatic rings. The molecule has 0 aromatic carbocycles. The molecule has 1 rings (SSSR count). The minimum absolute atomic E-state index is 0.285. The van der Waals surface area contributed by atoms with Gasteiger partial charge in [-0.3, -0.25) is 4.79 Å². The molecule has 18 heavy (non-hydrogen) atoms. The SMILES string of the molecule is C=CCCC(=O)N1CCCC[C@@H]1CSC(C)(C)C. The van der Waals surface area contributed by atoms with Gasteiger partial charge >= 0.3 is 0 Å². The average Bonchev–Trinajstić information content (AvgIpc) is 2.33. The van der Waals surface area contributed by atoms with Crippen molar-refractivity contribution in [3.8, 4) is 0 Å². The fourth-order valence-electron chi connectivity index (χ4n) is 2.22. The van der Waals surface area contributed by atoms with Gasteiger partial charge in [-0.15, -0.1) is 6.58 Å². The first-order valence-corrected chi connectivity index (χ1v) is 7.97. The molecular formula is C15H27NOS. The molecule has 104 valence electrons. The molecule has 0 spiro atoms. The monoisotopic (exact) mass is 269 g/mol. The second-order valence-corrected chi connectivity index (χ2v) is 7.83. The molecule has 0 unspecified atom stereocenters. The largest absolute Gasteiger partial charge is 0.339 e. The summed E-state index contributed by atoms with van der Waals surface area (Å²) in [5.74, 6) is 1.39. The first-order chi connectivity index (χ1) is 8.44. The van der Waals surface area contributed by atoms with E-state index < -0.39 is 0 Å². The smallest absolute Gasteiger partial charge is 0.223 e. The third-order valence-corrected chi connectivity index (χ3v) is 4.64. The summed E-state index contributed by atoms with van der Waals surface area (Å²) < 4.78 is 0.285. The number of piperidine rings is 1. The van der Waals surface area contributed by atoms with Crippen molar-refractivity contribution in [3.63, 3.8) is 0 Å². The number of carbonyl (C=O) groups is 1. The van der Waals surface area contributed by atoms with Crippen LogP contribution in [0.3, 0.4) is 0 Å². The zero-order valence-corrected chi connectivity index (χ0v) is 12.9. The molecule has 0 saturated carbocycles. The van der Waals surface area contributed by atoms with Crippen LogP contribution in [0.2, 0.25) is 0 Å². The van der Waals surface area contributed by atoms with E-state index in [1.165, 1.54) is 12.8 Å². The Kier molecular flexibility index (Phi) is 6.27. The molecule has 0 bridgehead atoms. The van der Waals surface area contributed by atoms with Gasteiger partial charge in [0.1, 0.15) is 0 Å². The molecule has 1 heterocycles. The van der Waals surface area contributed by atoms with Crippen molar-refractivity contribution in [1.29, 1.82) is 0 Å². The number of likely N-dealkylation sites (tertiary alicyclic amines) is 1. The van der Waals surface area contributed by atoms with Gasteiger partial charge in [0.15, 0.2) is 0 Å². The fourth-order valence-corrected chi connectivity index (χ4v) is 3.26. The molecule has 1 aliphatic heterocycles. The lowest BCUT2D eigenvalue weighted by Gasteiger charge is -2.37. The zero-order valence-electron chi connectivity index (χ0n) is 12.1. The van der Waals surface area contributed by atoms with Crippen LogP contribution in [0.25, 0.3) is 0 Å². The maximum atomic E-state index is 12.2. The zero-order chi connectivity index (χ0) is 13.6. The average molecular weight is 269 g/mol. The molecule has 1 aliphatic rings. The molecule has 1 fully saturated rings. The summed E-state index contributed by atoms with van der Waals surface area (Å²) in [6, 6.07) is 0.445. The summed E-state index contributed by atoms with van der Waals surface area (Å²) in [5, 5.41) is 0. The summed E-state index contributed by atoms with van der Waals surface area (Å²) in [6.07, 6.45) is 6.86. The Bertz CT molecular complexity index is 283. The lowest BCUT2D eigenvalue weighted by atomic mass is 10.0. The van der Waals surface area contributed by atoms with E-state index in [1.807, 2.05) is 17.8 Å². The van der Waals surface area contributed by atoms with Gasteiger partial charge in [-0.2, -0.15) is 11.8 Å². The highest BCUT2D eigenvalue weighted by molar-refractivity contribution is 8.00. The van der Waals surface area contributed by atoms with Crippen LogP contribution in [0.1, 0.15) is 52.9 Å². The van der Waals surface area contributed by atoms with Gasteiger partial charge in [0.2, 0.25) is 5.91 Å². The predicted molar refractivity (Wildman–Crippen MR) is 81.0 cm³/mol. The normalized spacial score (nSPS) is 20.8. The standard InChI is InChI=1S/C15H27NOS/c1-5-6-10-14(17)16-11-8-7-9-13(16)12-18-15(2,3)4/h5,13H,1,6-12H2,2-4H3/t13-/m1/s1. The van der Waals surface area contributed by atoms with E-state index in [2.05, 4.69) is 32.3 Å². The van der Waals surface area contributed by atoms with Crippen LogP contribution in [0.4, 0.5) is 0 Å². The second-order valence-electron chi connectivity index (χ2n) is 5.99. The van der Waals surface area contributed by atoms with Crippen LogP contribution in [-0.2, 0) is 4.79 Å². The molecule has 0 aromatic heterocycles. The van der Waals surface area contributed by atoms with E-state index in [0.29, 0.717) is 18.4 Å². The van der Waals surface area contributed by atoms with Crippen molar-refractivity contribution in [3.05, 3.63) is 12.7 Å². The van der Waals surface area contributed by atoms with Crippen molar-refractivity contribution in [2.75, 3.05) is 12.3 Å². The lowest BCUT2D eigenvalue weighted by molar-refractivity contribution is -0.134. The van der Waals surface area contributed by atoms with E-state index >= 15 is 0 Å². The number of allylic oxidation sites excluding steroid dienone is 1. The fraction of sp³-hybridized carbons (Fsp3) is 0.800. The summed E-state index contributed by atoms with van der Waals surface area (Å²) in [6.45, 7) is 11.4. The maximum Gasteiger partial charge on any atom is 0.223 e. The van der Waals surface area contributed by atoms with E-state index in [1.54, 1.807) is 0 Å². The maximum absolute atomic E-state index is 12.2. The van der Waals surface area contributed by atoms with Gasteiger partial charge in [0, 0.05) is 29.5 Å². The quantitative estimate of drug-likeness (QED) is 0.706. The van der Waals surface area contributed by atoms with Crippen LogP contribution < -0.4 is 0 Å². The molecule has 3 heteroatoms. The Morgan fingerprint density at radius 1 is 1.44 bits per heavy atom. The predicted octanol–water partition coefficient (Wildman–Crippen LogP) is 3.87. The van der Waals surface area contributed by atoms with Crippen LogP contribution in [0.15, 0.2) is 12.7 Å². The highest BCUT2D eigenvalue weighted by Crippen LogP contribution is 2.28. The highest BCUT2D eigenvalue weighted by atomic mass is 32.2. The van der Waals surface area contributed by atoms with E-state index in [4.69, 9.17) is 0 Å². The van der Waals surface area contributed by atoms with Crippen LogP contribution in [-0.4, -0.2) is 33.9 Å². The molecule has 1 saturated heterocycles. The minimum Gasteiger partial charge on any atom is -0.339 e. The van der Waals surface area contributed by atoms with Crippen molar-refractivity contribution in [2.45, 2.75) is 63.7 Å². The molecule has 1 atom stereocenters. The molecule has 0 aliphatic carbocycles. The number of amides is 1. The minimum atomic E-state index is 0.285. The Hall–Kier alpha value is -0.440. The summed E-state index contributed by atoms with van der Waals surface area (Å²) in [4.78, 5) is 14.3. The Labute approximate surface area is 116 Å². The molecule has 0 N–H and O–H groups in total. The number of carbonyl (C=O) groups excluding carboxylic acids is 1. The third-order valence-electron chi connectivity index (χ3n) is 3.22. The number of rotatable bonds is 5. The van der Waals surface area contributed by atoms with Crippen molar-refractivity contribution < 1.29 is 4.79 Å². The number of hydrogen-bond acceptors (Lipinski definition) is 2. The van der Waals surface area contributed by atoms with E-state index in [9.17, 15) is 4.79 Å². The lowest BCUT2D eigenvalue weighted by Crippen LogP contribution is -2.45. The third kappa shape index (κ3) is 5.47. The Balaban J connectivity index is 2.51. The van der Waals surface area contributed by atoms with Gasteiger partial charge in [0.05, 0.1) is 0 Å². The van der Waals surface area contributed by atoms with E-state index in [0.717, 1.165) is 25.1 Å². The number of hydrogen-bond donors (Lipinski definition) is 0. The summed E-state index contributed by atoms with van der Waals surface area (Å²) in [7, 11) is 0. The van der Waals surface area contributed by atoms with Crippen molar-refractivity contribution >= 4 is 17.7 Å². The van der Waals surface area contributed by atoms with E-state index in [-0.39, 0.29) is 4.75 Å². The topological polar surface area (TPSA) is 20.3 Å². The van der Waals surface area contributed by atoms with Crippen molar-refractivity contribution in [1.82, 2.24) is 4.90 Å². The van der Waals surface area contributed by atoms with Gasteiger partial charge in [0.25, 0.3) is 0 Å². The molecule has 0 radical (unpaired) electrons. The van der Waals surface area contributed by atoms with Crippen LogP contribution >= 0.6 is 11.8 Å². The van der Waals surface area contributed by atoms with Gasteiger partial charge in [-0.1, -0.05) is 26.8 Å². The molecular weight excluding hydrogens is 242 g/mol. The number of thioether (sulfide) groups is 1. The number of nitrogens with zero attached hydrogens (tertiary/aromatic N) is 1. The Morgan fingerprint density at radius 3 is 2.78 bits per heavy atom. The van der Waals surface area contributed by atoms with Gasteiger partial charge in [-0.05, 0) is 25.7 Å². The first kappa shape index (κ1) is 15.6.